The molecule has 0 aliphatic rings. The van der Waals surface area contributed by atoms with E-state index in [0.29, 0.717) is 6.61 Å². The van der Waals surface area contributed by atoms with E-state index in [1.165, 1.54) is 6.07 Å². The maximum absolute atomic E-state index is 14.1. The van der Waals surface area contributed by atoms with E-state index in [1.54, 1.807) is 20.8 Å². The zero-order valence-electron chi connectivity index (χ0n) is 11.3. The lowest BCUT2D eigenvalue weighted by Crippen LogP contribution is -2.12. The number of hydrogen-bond donors (Lipinski definition) is 1. The molecule has 19 heavy (non-hydrogen) atoms. The van der Waals surface area contributed by atoms with Gasteiger partial charge in [0.1, 0.15) is 0 Å². The van der Waals surface area contributed by atoms with E-state index in [-0.39, 0.29) is 36.0 Å². The predicted octanol–water partition coefficient (Wildman–Crippen LogP) is 2.38. The smallest absolute Gasteiger partial charge is 0.340 e. The monoisotopic (exact) mass is 271 g/mol. The van der Waals surface area contributed by atoms with Gasteiger partial charge >= 0.3 is 5.97 Å². The average molecular weight is 271 g/mol. The fourth-order valence-electron chi connectivity index (χ4n) is 1.54. The van der Waals surface area contributed by atoms with Gasteiger partial charge in [-0.15, -0.1) is 0 Å². The molecule has 0 unspecified atom stereocenters. The van der Waals surface area contributed by atoms with Gasteiger partial charge in [-0.3, -0.25) is 0 Å². The van der Waals surface area contributed by atoms with Crippen molar-refractivity contribution in [2.75, 3.05) is 25.6 Å². The van der Waals surface area contributed by atoms with Crippen LogP contribution < -0.4 is 15.2 Å². The van der Waals surface area contributed by atoms with Gasteiger partial charge in [-0.2, -0.15) is 0 Å². The Labute approximate surface area is 111 Å². The van der Waals surface area contributed by atoms with Crippen molar-refractivity contribution in [2.45, 2.75) is 20.8 Å². The molecular formula is C13H18FNO4. The third-order valence-electron chi connectivity index (χ3n) is 2.31. The summed E-state index contributed by atoms with van der Waals surface area (Å²) in [6.45, 7) is 5.86. The first-order valence-electron chi connectivity index (χ1n) is 6.11. The van der Waals surface area contributed by atoms with Gasteiger partial charge < -0.3 is 19.9 Å². The normalized spacial score (nSPS) is 10.1. The lowest BCUT2D eigenvalue weighted by molar-refractivity contribution is 0.0526. The number of benzene rings is 1. The highest BCUT2D eigenvalue weighted by molar-refractivity contribution is 5.96. The summed E-state index contributed by atoms with van der Waals surface area (Å²) in [5.74, 6) is -1.45. The van der Waals surface area contributed by atoms with Gasteiger partial charge in [-0.1, -0.05) is 0 Å². The minimum atomic E-state index is -0.809. The van der Waals surface area contributed by atoms with Crippen molar-refractivity contribution >= 4 is 11.7 Å². The van der Waals surface area contributed by atoms with Gasteiger partial charge in [0.15, 0.2) is 17.3 Å². The number of rotatable bonds is 6. The summed E-state index contributed by atoms with van der Waals surface area (Å²) >= 11 is 0. The van der Waals surface area contributed by atoms with Gasteiger partial charge in [0.2, 0.25) is 0 Å². The Morgan fingerprint density at radius 1 is 1.21 bits per heavy atom. The summed E-state index contributed by atoms with van der Waals surface area (Å²) in [7, 11) is 0. The molecule has 106 valence electrons. The highest BCUT2D eigenvalue weighted by Crippen LogP contribution is 2.36. The van der Waals surface area contributed by atoms with Gasteiger partial charge in [0.25, 0.3) is 0 Å². The van der Waals surface area contributed by atoms with Crippen molar-refractivity contribution in [3.05, 3.63) is 17.4 Å². The molecule has 0 fully saturated rings. The molecule has 1 rings (SSSR count). The van der Waals surface area contributed by atoms with Crippen LogP contribution in [-0.4, -0.2) is 25.8 Å². The Bertz CT molecular complexity index is 462. The third kappa shape index (κ3) is 3.27. The number of nitrogen functional groups attached to an aromatic ring is 1. The molecule has 1 aromatic carbocycles. The predicted molar refractivity (Wildman–Crippen MR) is 69.1 cm³/mol. The quantitative estimate of drug-likeness (QED) is 0.635. The summed E-state index contributed by atoms with van der Waals surface area (Å²) in [5, 5.41) is 0. The van der Waals surface area contributed by atoms with Crippen LogP contribution in [0, 0.1) is 5.82 Å². The molecule has 0 bridgehead atoms. The number of carbonyl (C=O) groups is 1. The highest BCUT2D eigenvalue weighted by Gasteiger charge is 2.23. The Morgan fingerprint density at radius 2 is 1.84 bits per heavy atom. The van der Waals surface area contributed by atoms with E-state index in [0.717, 1.165) is 0 Å². The summed E-state index contributed by atoms with van der Waals surface area (Å²) in [5.41, 5.74) is 5.23. The van der Waals surface area contributed by atoms with E-state index in [1.807, 2.05) is 0 Å². The lowest BCUT2D eigenvalue weighted by atomic mass is 10.1. The number of ether oxygens (including phenoxy) is 3. The van der Waals surface area contributed by atoms with Crippen LogP contribution in [0.3, 0.4) is 0 Å². The minimum Gasteiger partial charge on any atom is -0.490 e. The molecule has 0 radical (unpaired) electrons. The zero-order valence-corrected chi connectivity index (χ0v) is 11.3. The summed E-state index contributed by atoms with van der Waals surface area (Å²) in [6, 6.07) is 1.34. The molecule has 6 heteroatoms. The fraction of sp³-hybridized carbons (Fsp3) is 0.462. The van der Waals surface area contributed by atoms with Crippen LogP contribution in [0.1, 0.15) is 31.1 Å². The number of anilines is 1. The van der Waals surface area contributed by atoms with Crippen molar-refractivity contribution in [1.82, 2.24) is 0 Å². The van der Waals surface area contributed by atoms with E-state index >= 15 is 0 Å². The highest BCUT2D eigenvalue weighted by atomic mass is 19.1. The molecule has 0 aliphatic carbocycles. The summed E-state index contributed by atoms with van der Waals surface area (Å²) in [4.78, 5) is 11.7. The molecule has 5 nitrogen and oxygen atoms in total. The molecule has 0 saturated heterocycles. The Kier molecular flexibility index (Phi) is 5.41. The van der Waals surface area contributed by atoms with Crippen molar-refractivity contribution in [3.8, 4) is 11.5 Å². The molecule has 0 heterocycles. The molecule has 0 spiro atoms. The second kappa shape index (κ2) is 6.82. The molecule has 1 aromatic rings. The maximum atomic E-state index is 14.1. The fourth-order valence-corrected chi connectivity index (χ4v) is 1.54. The molecule has 2 N–H and O–H groups in total. The number of nitrogens with two attached hydrogens (primary N) is 1. The van der Waals surface area contributed by atoms with E-state index in [4.69, 9.17) is 19.9 Å². The van der Waals surface area contributed by atoms with E-state index in [2.05, 4.69) is 0 Å². The van der Waals surface area contributed by atoms with E-state index in [9.17, 15) is 9.18 Å². The Balaban J connectivity index is 3.31. The standard InChI is InChI=1S/C13H18FNO4/c1-4-17-9-7-8(13(16)19-6-3)11(15)10(14)12(9)18-5-2/h7H,4-6,15H2,1-3H3. The first-order chi connectivity index (χ1) is 9.06. The SMILES string of the molecule is CCOC(=O)c1cc(OCC)c(OCC)c(F)c1N. The molecule has 0 aliphatic heterocycles. The largest absolute Gasteiger partial charge is 0.490 e. The van der Waals surface area contributed by atoms with Crippen molar-refractivity contribution in [3.63, 3.8) is 0 Å². The Hall–Kier alpha value is -1.98. The second-order valence-electron chi connectivity index (χ2n) is 3.57. The van der Waals surface area contributed by atoms with Crippen molar-refractivity contribution < 1.29 is 23.4 Å². The van der Waals surface area contributed by atoms with Gasteiger partial charge in [-0.25, -0.2) is 9.18 Å². The third-order valence-corrected chi connectivity index (χ3v) is 2.31. The first-order valence-corrected chi connectivity index (χ1v) is 6.11. The van der Waals surface area contributed by atoms with Crippen molar-refractivity contribution in [1.29, 1.82) is 0 Å². The summed E-state index contributed by atoms with van der Waals surface area (Å²) < 4.78 is 29.3. The number of carbonyl (C=O) groups excluding carboxylic acids is 1. The molecular weight excluding hydrogens is 253 g/mol. The van der Waals surface area contributed by atoms with Gasteiger partial charge in [0.05, 0.1) is 31.1 Å². The molecule has 0 saturated carbocycles. The molecule has 0 amide bonds. The van der Waals surface area contributed by atoms with E-state index < -0.39 is 11.8 Å². The minimum absolute atomic E-state index is 0.0637. The first kappa shape index (κ1) is 15.1. The van der Waals surface area contributed by atoms with Crippen LogP contribution in [0.5, 0.6) is 11.5 Å². The van der Waals surface area contributed by atoms with Crippen LogP contribution in [0.25, 0.3) is 0 Å². The number of halogens is 1. The van der Waals surface area contributed by atoms with Crippen molar-refractivity contribution in [2.24, 2.45) is 0 Å². The van der Waals surface area contributed by atoms with Crippen LogP contribution in [0.15, 0.2) is 6.07 Å². The maximum Gasteiger partial charge on any atom is 0.340 e. The Morgan fingerprint density at radius 3 is 2.37 bits per heavy atom. The van der Waals surface area contributed by atoms with Crippen LogP contribution >= 0.6 is 0 Å². The topological polar surface area (TPSA) is 70.8 Å². The average Bonchev–Trinajstić information content (AvgIpc) is 2.38. The second-order valence-corrected chi connectivity index (χ2v) is 3.57. The number of hydrogen-bond acceptors (Lipinski definition) is 5. The van der Waals surface area contributed by atoms with Crippen LogP contribution in [-0.2, 0) is 4.74 Å². The van der Waals surface area contributed by atoms with Gasteiger partial charge in [0, 0.05) is 6.07 Å². The molecule has 0 atom stereocenters. The number of esters is 1. The van der Waals surface area contributed by atoms with Crippen LogP contribution in [0.4, 0.5) is 10.1 Å². The van der Waals surface area contributed by atoms with Crippen LogP contribution in [0.2, 0.25) is 0 Å². The molecule has 0 aromatic heterocycles. The van der Waals surface area contributed by atoms with Gasteiger partial charge in [-0.05, 0) is 20.8 Å². The lowest BCUT2D eigenvalue weighted by Gasteiger charge is -2.15. The summed E-state index contributed by atoms with van der Waals surface area (Å²) in [6.07, 6.45) is 0. The zero-order chi connectivity index (χ0) is 14.4.